The number of hydrogen-bond donors (Lipinski definition) is 0. The van der Waals surface area contributed by atoms with Gasteiger partial charge in [-0.05, 0) is 104 Å². The minimum atomic E-state index is -0.192. The Hall–Kier alpha value is -1.98. The minimum absolute atomic E-state index is 0.192. The van der Waals surface area contributed by atoms with E-state index < -0.39 is 0 Å². The summed E-state index contributed by atoms with van der Waals surface area (Å²) in [7, 11) is 1.97. The summed E-state index contributed by atoms with van der Waals surface area (Å²) in [4.78, 5) is 30.4. The minimum Gasteiger partial charge on any atom is -0.365 e. The van der Waals surface area contributed by atoms with Crippen molar-refractivity contribution in [2.24, 2.45) is 40.9 Å². The molecule has 1 aromatic rings. The van der Waals surface area contributed by atoms with E-state index in [9.17, 15) is 9.59 Å². The molecule has 0 radical (unpaired) electrons. The molecule has 4 aliphatic carbocycles. The van der Waals surface area contributed by atoms with Crippen LogP contribution < -0.4 is 0 Å². The number of fused-ring (bicyclic) bond motifs is 6. The van der Waals surface area contributed by atoms with Crippen molar-refractivity contribution in [2.75, 3.05) is 26.7 Å². The van der Waals surface area contributed by atoms with Crippen molar-refractivity contribution in [1.29, 1.82) is 0 Å². The summed E-state index contributed by atoms with van der Waals surface area (Å²) in [5.74, 6) is 4.44. The summed E-state index contributed by atoms with van der Waals surface area (Å²) in [5.41, 5.74) is 4.68. The molecule has 1 amide bonds. The maximum absolute atomic E-state index is 13.5. The molecular formula is C38H54N2O3. The van der Waals surface area contributed by atoms with E-state index in [-0.39, 0.29) is 17.6 Å². The molecule has 0 bridgehead atoms. The van der Waals surface area contributed by atoms with Gasteiger partial charge in [-0.1, -0.05) is 56.7 Å². The summed E-state index contributed by atoms with van der Waals surface area (Å²) < 4.78 is 7.30. The van der Waals surface area contributed by atoms with Crippen molar-refractivity contribution < 1.29 is 14.3 Å². The highest BCUT2D eigenvalue weighted by molar-refractivity contribution is 5.79. The number of nitrogens with zero attached hydrogens (tertiary/aromatic N) is 2. The Morgan fingerprint density at radius 1 is 1.09 bits per heavy atom. The van der Waals surface area contributed by atoms with Crippen molar-refractivity contribution in [1.82, 2.24) is 9.80 Å². The molecule has 2 heterocycles. The number of ether oxygens (including phenoxy) is 1. The van der Waals surface area contributed by atoms with Crippen LogP contribution in [0.15, 0.2) is 41.5 Å². The zero-order chi connectivity index (χ0) is 30.1. The number of piperidine rings is 1. The van der Waals surface area contributed by atoms with Gasteiger partial charge in [-0.25, -0.2) is 0 Å². The number of hydrogen-bond acceptors (Lipinski definition) is 4. The SMILES string of the molecule is CC1=C2CC3C(CCC4CC(=O)CCC43C)C2CCC12OC1CC(C)CN(CC(=O)N(C)CCc3ccccc3)C1C2C. The highest BCUT2D eigenvalue weighted by Gasteiger charge is 2.62. The molecule has 7 rings (SSSR count). The largest absolute Gasteiger partial charge is 0.365 e. The van der Waals surface area contributed by atoms with Crippen LogP contribution in [-0.2, 0) is 20.7 Å². The summed E-state index contributed by atoms with van der Waals surface area (Å²) in [6.07, 6.45) is 11.0. The van der Waals surface area contributed by atoms with Crippen molar-refractivity contribution in [3.05, 3.63) is 47.0 Å². The third-order valence-corrected chi connectivity index (χ3v) is 13.8. The van der Waals surface area contributed by atoms with E-state index in [4.69, 9.17) is 4.74 Å². The molecular weight excluding hydrogens is 532 g/mol. The van der Waals surface area contributed by atoms with Crippen LogP contribution in [-0.4, -0.2) is 65.9 Å². The molecule has 0 aromatic heterocycles. The van der Waals surface area contributed by atoms with Gasteiger partial charge in [0.05, 0.1) is 18.2 Å². The van der Waals surface area contributed by atoms with Crippen molar-refractivity contribution in [3.63, 3.8) is 0 Å². The quantitative estimate of drug-likeness (QED) is 0.360. The van der Waals surface area contributed by atoms with Gasteiger partial charge < -0.3 is 9.64 Å². The lowest BCUT2D eigenvalue weighted by atomic mass is 9.52. The lowest BCUT2D eigenvalue weighted by molar-refractivity contribution is -0.133. The molecule has 2 saturated heterocycles. The maximum atomic E-state index is 13.5. The van der Waals surface area contributed by atoms with Crippen molar-refractivity contribution in [2.45, 2.75) is 110 Å². The standard InChI is InChI=1S/C38H54N2O3/c1-24-19-34-36(40(22-24)23-35(42)39(5)18-15-27-9-7-6-8-10-27)26(3)38(43-34)17-14-30-31-12-11-28-20-29(41)13-16-37(28,4)33(31)21-32(30)25(38)2/h6-10,24,26,28,30-31,33-34,36H,11-23H2,1-5H3. The molecule has 1 aromatic carbocycles. The van der Waals surface area contributed by atoms with Gasteiger partial charge in [-0.3, -0.25) is 14.5 Å². The first-order valence-corrected chi connectivity index (χ1v) is 17.5. The van der Waals surface area contributed by atoms with Crippen molar-refractivity contribution in [3.8, 4) is 0 Å². The van der Waals surface area contributed by atoms with E-state index in [1.54, 1.807) is 11.1 Å². The van der Waals surface area contributed by atoms with Crippen LogP contribution in [0.2, 0.25) is 0 Å². The fraction of sp³-hybridized carbons (Fsp3) is 0.737. The normalized spacial score (nSPS) is 42.4. The fourth-order valence-corrected chi connectivity index (χ4v) is 11.4. The van der Waals surface area contributed by atoms with Gasteiger partial charge in [0, 0.05) is 44.9 Å². The Morgan fingerprint density at radius 3 is 2.67 bits per heavy atom. The highest BCUT2D eigenvalue weighted by Crippen LogP contribution is 2.66. The number of rotatable bonds is 5. The summed E-state index contributed by atoms with van der Waals surface area (Å²) in [5, 5.41) is 0. The maximum Gasteiger partial charge on any atom is 0.236 e. The van der Waals surface area contributed by atoms with Gasteiger partial charge in [-0.15, -0.1) is 0 Å². The average Bonchev–Trinajstić information content (AvgIpc) is 3.51. The molecule has 3 saturated carbocycles. The number of amides is 1. The van der Waals surface area contributed by atoms with Crippen LogP contribution in [0, 0.1) is 40.9 Å². The van der Waals surface area contributed by atoms with Crippen LogP contribution in [0.4, 0.5) is 0 Å². The summed E-state index contributed by atoms with van der Waals surface area (Å²) in [6, 6.07) is 10.8. The molecule has 43 heavy (non-hydrogen) atoms. The number of Topliss-reactive ketones (excluding diaryl/α,β-unsaturated/α-hetero) is 1. The first kappa shape index (κ1) is 29.7. The van der Waals surface area contributed by atoms with Gasteiger partial charge in [0.2, 0.25) is 5.91 Å². The fourth-order valence-electron chi connectivity index (χ4n) is 11.4. The number of likely N-dealkylation sites (N-methyl/N-ethyl adjacent to an activating group) is 1. The number of carbonyl (C=O) groups is 2. The van der Waals surface area contributed by atoms with Crippen LogP contribution >= 0.6 is 0 Å². The first-order chi connectivity index (χ1) is 20.6. The van der Waals surface area contributed by atoms with E-state index in [1.807, 2.05) is 18.0 Å². The lowest BCUT2D eigenvalue weighted by Crippen LogP contribution is -2.55. The number of carbonyl (C=O) groups excluding carboxylic acids is 2. The Morgan fingerprint density at radius 2 is 1.88 bits per heavy atom. The Balaban J connectivity index is 1.09. The Labute approximate surface area is 259 Å². The van der Waals surface area contributed by atoms with Crippen molar-refractivity contribution >= 4 is 11.7 Å². The number of likely N-dealkylation sites (tertiary alicyclic amines) is 1. The van der Waals surface area contributed by atoms with E-state index in [1.165, 1.54) is 31.2 Å². The molecule has 1 spiro atoms. The van der Waals surface area contributed by atoms with Crippen LogP contribution in [0.25, 0.3) is 0 Å². The number of ketones is 1. The second-order valence-corrected chi connectivity index (χ2v) is 15.9. The van der Waals surface area contributed by atoms with Crippen LogP contribution in [0.1, 0.15) is 91.0 Å². The van der Waals surface area contributed by atoms with Crippen LogP contribution in [0.3, 0.4) is 0 Å². The highest BCUT2D eigenvalue weighted by atomic mass is 16.5. The Bertz CT molecular complexity index is 1270. The molecule has 2 aliphatic heterocycles. The molecule has 10 atom stereocenters. The summed E-state index contributed by atoms with van der Waals surface area (Å²) in [6.45, 7) is 12.0. The lowest BCUT2D eigenvalue weighted by Gasteiger charge is -2.52. The van der Waals surface area contributed by atoms with Gasteiger partial charge in [0.15, 0.2) is 0 Å². The van der Waals surface area contributed by atoms with E-state index >= 15 is 0 Å². The zero-order valence-electron chi connectivity index (χ0n) is 27.3. The van der Waals surface area contributed by atoms with Gasteiger partial charge in [0.25, 0.3) is 0 Å². The van der Waals surface area contributed by atoms with E-state index in [0.717, 1.165) is 63.5 Å². The number of allylic oxidation sites excluding steroid dienone is 1. The smallest absolute Gasteiger partial charge is 0.236 e. The third-order valence-electron chi connectivity index (χ3n) is 13.8. The monoisotopic (exact) mass is 586 g/mol. The third kappa shape index (κ3) is 4.87. The Kier molecular flexibility index (Phi) is 7.69. The van der Waals surface area contributed by atoms with Crippen LogP contribution in [0.5, 0.6) is 0 Å². The molecule has 5 heteroatoms. The topological polar surface area (TPSA) is 49.9 Å². The number of benzene rings is 1. The van der Waals surface area contributed by atoms with Gasteiger partial charge >= 0.3 is 0 Å². The average molecular weight is 587 g/mol. The van der Waals surface area contributed by atoms with Gasteiger partial charge in [-0.2, -0.15) is 0 Å². The second-order valence-electron chi connectivity index (χ2n) is 15.9. The zero-order valence-corrected chi connectivity index (χ0v) is 27.3. The molecule has 5 nitrogen and oxygen atoms in total. The predicted molar refractivity (Wildman–Crippen MR) is 170 cm³/mol. The van der Waals surface area contributed by atoms with E-state index in [0.29, 0.717) is 47.5 Å². The molecule has 234 valence electrons. The van der Waals surface area contributed by atoms with Gasteiger partial charge in [0.1, 0.15) is 5.78 Å². The molecule has 0 N–H and O–H groups in total. The molecule has 5 fully saturated rings. The summed E-state index contributed by atoms with van der Waals surface area (Å²) >= 11 is 0. The molecule has 6 aliphatic rings. The molecule has 10 unspecified atom stereocenters. The predicted octanol–water partition coefficient (Wildman–Crippen LogP) is 6.70. The first-order valence-electron chi connectivity index (χ1n) is 17.5. The van der Waals surface area contributed by atoms with E-state index in [2.05, 4.69) is 56.9 Å². The second kappa shape index (κ2) is 11.1.